The van der Waals surface area contributed by atoms with Gasteiger partial charge in [-0.3, -0.25) is 4.79 Å². The number of ether oxygens (including phenoxy) is 1. The molecule has 0 radical (unpaired) electrons. The molecule has 1 saturated carbocycles. The summed E-state index contributed by atoms with van der Waals surface area (Å²) in [6, 6.07) is 1.82. The molecular weight excluding hydrogens is 349 g/mol. The molecule has 25 heavy (non-hydrogen) atoms. The minimum absolute atomic E-state index is 0.232. The zero-order chi connectivity index (χ0) is 18.6. The van der Waals surface area contributed by atoms with E-state index in [0.29, 0.717) is 17.2 Å². The zero-order valence-electron chi connectivity index (χ0n) is 14.7. The fraction of sp³-hybridized carbons (Fsp3) is 0.647. The highest BCUT2D eigenvalue weighted by Crippen LogP contribution is 2.31. The molecule has 1 heterocycles. The first kappa shape index (κ1) is 19.9. The fourth-order valence-electron chi connectivity index (χ4n) is 2.70. The summed E-state index contributed by atoms with van der Waals surface area (Å²) < 4.78 is 18.9. The van der Waals surface area contributed by atoms with E-state index in [1.807, 2.05) is 0 Å². The molecular formula is C17H25ClFN3O3. The number of pyridine rings is 1. The molecule has 0 aromatic carbocycles. The van der Waals surface area contributed by atoms with Gasteiger partial charge in [0.25, 0.3) is 5.91 Å². The summed E-state index contributed by atoms with van der Waals surface area (Å²) in [5.74, 6) is 0.0440. The third-order valence-electron chi connectivity index (χ3n) is 4.32. The third kappa shape index (κ3) is 5.52. The van der Waals surface area contributed by atoms with Crippen molar-refractivity contribution in [1.29, 1.82) is 0 Å². The number of aliphatic hydroxyl groups is 1. The number of nitrogens with zero attached hydrogens (tertiary/aromatic N) is 1. The first-order chi connectivity index (χ1) is 11.7. The Morgan fingerprint density at radius 2 is 2.24 bits per heavy atom. The number of carbonyl (C=O) groups is 1. The first-order valence-electron chi connectivity index (χ1n) is 8.26. The predicted molar refractivity (Wildman–Crippen MR) is 94.8 cm³/mol. The van der Waals surface area contributed by atoms with Crippen molar-refractivity contribution in [2.75, 3.05) is 25.6 Å². The summed E-state index contributed by atoms with van der Waals surface area (Å²) in [6.07, 6.45) is 1.68. The average Bonchev–Trinajstić information content (AvgIpc) is 2.49. The van der Waals surface area contributed by atoms with Crippen molar-refractivity contribution in [3.05, 3.63) is 23.0 Å². The van der Waals surface area contributed by atoms with E-state index in [2.05, 4.69) is 15.6 Å². The number of aromatic nitrogens is 1. The van der Waals surface area contributed by atoms with Crippen LogP contribution in [0.1, 0.15) is 37.0 Å². The highest BCUT2D eigenvalue weighted by Gasteiger charge is 2.30. The van der Waals surface area contributed by atoms with Gasteiger partial charge >= 0.3 is 0 Å². The van der Waals surface area contributed by atoms with Gasteiger partial charge in [-0.25, -0.2) is 9.37 Å². The molecule has 1 aromatic rings. The number of rotatable bonds is 8. The van der Waals surface area contributed by atoms with Crippen molar-refractivity contribution >= 4 is 23.2 Å². The SMILES string of the molecule is COC[C@H]1C[C@H](Nc2cc(Cl)ncc2C(=O)NC[C@@H](F)C(C)(C)O)C1. The van der Waals surface area contributed by atoms with Gasteiger partial charge in [0.1, 0.15) is 11.3 Å². The molecule has 1 aliphatic carbocycles. The van der Waals surface area contributed by atoms with E-state index in [1.54, 1.807) is 13.2 Å². The van der Waals surface area contributed by atoms with Crippen molar-refractivity contribution in [1.82, 2.24) is 10.3 Å². The maximum Gasteiger partial charge on any atom is 0.255 e. The van der Waals surface area contributed by atoms with Gasteiger partial charge in [0.05, 0.1) is 23.4 Å². The highest BCUT2D eigenvalue weighted by atomic mass is 35.5. The van der Waals surface area contributed by atoms with E-state index in [-0.39, 0.29) is 17.7 Å². The summed E-state index contributed by atoms with van der Waals surface area (Å²) in [5.41, 5.74) is -0.658. The minimum Gasteiger partial charge on any atom is -0.387 e. The van der Waals surface area contributed by atoms with Gasteiger partial charge in [-0.05, 0) is 38.7 Å². The molecule has 0 aliphatic heterocycles. The van der Waals surface area contributed by atoms with Crippen LogP contribution in [0.5, 0.6) is 0 Å². The Balaban J connectivity index is 1.99. The highest BCUT2D eigenvalue weighted by molar-refractivity contribution is 6.29. The predicted octanol–water partition coefficient (Wildman–Crippen LogP) is 2.41. The molecule has 1 fully saturated rings. The molecule has 8 heteroatoms. The van der Waals surface area contributed by atoms with Crippen LogP contribution in [0.4, 0.5) is 10.1 Å². The van der Waals surface area contributed by atoms with Gasteiger partial charge < -0.3 is 20.5 Å². The molecule has 6 nitrogen and oxygen atoms in total. The average molecular weight is 374 g/mol. The lowest BCUT2D eigenvalue weighted by molar-refractivity contribution is -0.00177. The van der Waals surface area contributed by atoms with Crippen LogP contribution >= 0.6 is 11.6 Å². The van der Waals surface area contributed by atoms with Crippen molar-refractivity contribution in [2.45, 2.75) is 44.5 Å². The molecule has 140 valence electrons. The van der Waals surface area contributed by atoms with E-state index in [1.165, 1.54) is 20.0 Å². The summed E-state index contributed by atoms with van der Waals surface area (Å²) in [4.78, 5) is 16.3. The second-order valence-corrected chi connectivity index (χ2v) is 7.41. The maximum absolute atomic E-state index is 13.8. The summed E-state index contributed by atoms with van der Waals surface area (Å²) in [7, 11) is 1.68. The number of anilines is 1. The monoisotopic (exact) mass is 373 g/mol. The zero-order valence-corrected chi connectivity index (χ0v) is 15.4. The van der Waals surface area contributed by atoms with Crippen molar-refractivity contribution in [3.8, 4) is 0 Å². The standard InChI is InChI=1S/C17H25ClFN3O3/c1-17(2,24)14(19)8-21-16(23)12-7-20-15(18)6-13(12)22-11-4-10(5-11)9-25-3/h6-7,10-11,14,24H,4-5,8-9H2,1-3H3,(H,20,22)(H,21,23)/t10-,11-,14-/m1/s1. The van der Waals surface area contributed by atoms with Crippen molar-refractivity contribution in [3.63, 3.8) is 0 Å². The summed E-state index contributed by atoms with van der Waals surface area (Å²) >= 11 is 5.94. The molecule has 0 bridgehead atoms. The van der Waals surface area contributed by atoms with Crippen LogP contribution in [0, 0.1) is 5.92 Å². The number of hydrogen-bond donors (Lipinski definition) is 3. The van der Waals surface area contributed by atoms with Crippen molar-refractivity contribution in [2.24, 2.45) is 5.92 Å². The lowest BCUT2D eigenvalue weighted by atomic mass is 9.80. The molecule has 3 N–H and O–H groups in total. The largest absolute Gasteiger partial charge is 0.387 e. The summed E-state index contributed by atoms with van der Waals surface area (Å²) in [5, 5.41) is 15.7. The minimum atomic E-state index is -1.57. The lowest BCUT2D eigenvalue weighted by Gasteiger charge is -2.36. The van der Waals surface area contributed by atoms with Crippen LogP contribution in [0.25, 0.3) is 0 Å². The topological polar surface area (TPSA) is 83.5 Å². The van der Waals surface area contributed by atoms with Gasteiger partial charge in [0.2, 0.25) is 0 Å². The van der Waals surface area contributed by atoms with E-state index < -0.39 is 17.7 Å². The normalized spacial score (nSPS) is 21.4. The molecule has 0 unspecified atom stereocenters. The molecule has 1 amide bonds. The van der Waals surface area contributed by atoms with Gasteiger partial charge in [0, 0.05) is 26.0 Å². The van der Waals surface area contributed by atoms with Crippen molar-refractivity contribution < 1.29 is 19.0 Å². The molecule has 2 rings (SSSR count). The summed E-state index contributed by atoms with van der Waals surface area (Å²) in [6.45, 7) is 3.14. The second kappa shape index (κ2) is 8.29. The quantitative estimate of drug-likeness (QED) is 0.609. The number of alkyl halides is 1. The van der Waals surface area contributed by atoms with Gasteiger partial charge in [0.15, 0.2) is 0 Å². The van der Waals surface area contributed by atoms with Crippen LogP contribution in [-0.4, -0.2) is 54.1 Å². The van der Waals surface area contributed by atoms with Gasteiger partial charge in [-0.1, -0.05) is 11.6 Å². The smallest absolute Gasteiger partial charge is 0.255 e. The second-order valence-electron chi connectivity index (χ2n) is 7.02. The maximum atomic E-state index is 13.8. The van der Waals surface area contributed by atoms with Crippen LogP contribution in [0.2, 0.25) is 5.15 Å². The Hall–Kier alpha value is -1.44. The fourth-order valence-corrected chi connectivity index (χ4v) is 2.86. The van der Waals surface area contributed by atoms with Crippen LogP contribution in [0.3, 0.4) is 0 Å². The van der Waals surface area contributed by atoms with Crippen LogP contribution in [-0.2, 0) is 4.74 Å². The van der Waals surface area contributed by atoms with Crippen LogP contribution in [0.15, 0.2) is 12.3 Å². The lowest BCUT2D eigenvalue weighted by Crippen LogP contribution is -2.42. The number of hydrogen-bond acceptors (Lipinski definition) is 5. The van der Waals surface area contributed by atoms with E-state index in [0.717, 1.165) is 19.4 Å². The Morgan fingerprint density at radius 3 is 2.84 bits per heavy atom. The van der Waals surface area contributed by atoms with Crippen LogP contribution < -0.4 is 10.6 Å². The molecule has 0 saturated heterocycles. The third-order valence-corrected chi connectivity index (χ3v) is 4.53. The Labute approximate surface area is 152 Å². The Morgan fingerprint density at radius 1 is 1.56 bits per heavy atom. The molecule has 1 atom stereocenters. The Kier molecular flexibility index (Phi) is 6.59. The first-order valence-corrected chi connectivity index (χ1v) is 8.64. The van der Waals surface area contributed by atoms with Gasteiger partial charge in [-0.2, -0.15) is 0 Å². The number of nitrogens with one attached hydrogen (secondary N) is 2. The number of methoxy groups -OCH3 is 1. The Bertz CT molecular complexity index is 603. The van der Waals surface area contributed by atoms with E-state index >= 15 is 0 Å². The molecule has 0 spiro atoms. The van der Waals surface area contributed by atoms with Gasteiger partial charge in [-0.15, -0.1) is 0 Å². The van der Waals surface area contributed by atoms with E-state index in [9.17, 15) is 14.3 Å². The van der Waals surface area contributed by atoms with E-state index in [4.69, 9.17) is 16.3 Å². The number of amides is 1. The molecule has 1 aromatic heterocycles. The number of carbonyl (C=O) groups excluding carboxylic acids is 1. The molecule has 1 aliphatic rings. The number of halogens is 2.